The number of nitrogens with one attached hydrogen (secondary N) is 2. The molecule has 1 aromatic rings. The van der Waals surface area contributed by atoms with Crippen molar-refractivity contribution in [1.82, 2.24) is 10.5 Å². The topological polar surface area (TPSA) is 67.2 Å². The predicted molar refractivity (Wildman–Crippen MR) is 55.4 cm³/mol. The van der Waals surface area contributed by atoms with E-state index in [4.69, 9.17) is 4.52 Å². The summed E-state index contributed by atoms with van der Waals surface area (Å²) in [4.78, 5) is 11.8. The Labute approximate surface area is 88.2 Å². The van der Waals surface area contributed by atoms with Crippen molar-refractivity contribution >= 4 is 11.7 Å². The number of nitrogens with zero attached hydrogens (tertiary/aromatic N) is 1. The molecule has 0 aromatic carbocycles. The molecule has 2 heterocycles. The van der Waals surface area contributed by atoms with E-state index in [1.54, 1.807) is 13.0 Å². The van der Waals surface area contributed by atoms with Crippen molar-refractivity contribution in [2.24, 2.45) is 5.92 Å². The first-order chi connectivity index (χ1) is 7.16. The molecule has 1 aromatic heterocycles. The van der Waals surface area contributed by atoms with Gasteiger partial charge < -0.3 is 15.2 Å². The summed E-state index contributed by atoms with van der Waals surface area (Å²) in [5.41, 5.74) is 0. The van der Waals surface area contributed by atoms with Gasteiger partial charge in [-0.2, -0.15) is 0 Å². The molecule has 5 nitrogen and oxygen atoms in total. The van der Waals surface area contributed by atoms with Crippen molar-refractivity contribution < 1.29 is 9.32 Å². The van der Waals surface area contributed by atoms with Gasteiger partial charge in [0.2, 0.25) is 5.91 Å². The van der Waals surface area contributed by atoms with Crippen LogP contribution in [0.4, 0.5) is 5.82 Å². The largest absolute Gasteiger partial charge is 0.360 e. The van der Waals surface area contributed by atoms with Gasteiger partial charge in [-0.3, -0.25) is 4.79 Å². The number of hydrogen-bond donors (Lipinski definition) is 2. The van der Waals surface area contributed by atoms with Crippen molar-refractivity contribution in [2.75, 3.05) is 11.9 Å². The summed E-state index contributed by atoms with van der Waals surface area (Å²) in [6, 6.07) is 1.60. The van der Waals surface area contributed by atoms with Crippen molar-refractivity contribution in [3.63, 3.8) is 0 Å². The van der Waals surface area contributed by atoms with Crippen LogP contribution in [0.15, 0.2) is 10.6 Å². The molecule has 5 heteroatoms. The summed E-state index contributed by atoms with van der Waals surface area (Å²) in [6.07, 6.45) is 1.04. The third-order valence-electron chi connectivity index (χ3n) is 2.69. The summed E-state index contributed by atoms with van der Waals surface area (Å²) in [5.74, 6) is 1.52. The molecule has 2 atom stereocenters. The highest BCUT2D eigenvalue weighted by molar-refractivity contribution is 5.94. The molecule has 0 aliphatic carbocycles. The van der Waals surface area contributed by atoms with Gasteiger partial charge in [-0.05, 0) is 25.8 Å². The Morgan fingerprint density at radius 3 is 3.07 bits per heavy atom. The molecule has 1 aliphatic heterocycles. The summed E-state index contributed by atoms with van der Waals surface area (Å²) < 4.78 is 4.87. The Hall–Kier alpha value is -1.36. The van der Waals surface area contributed by atoms with Crippen LogP contribution in [0.2, 0.25) is 0 Å². The molecular formula is C10H15N3O2. The lowest BCUT2D eigenvalue weighted by molar-refractivity contribution is -0.118. The van der Waals surface area contributed by atoms with E-state index < -0.39 is 0 Å². The lowest BCUT2D eigenvalue weighted by Gasteiger charge is -2.13. The quantitative estimate of drug-likeness (QED) is 0.760. The van der Waals surface area contributed by atoms with E-state index in [0.29, 0.717) is 17.5 Å². The summed E-state index contributed by atoms with van der Waals surface area (Å²) >= 11 is 0. The highest BCUT2D eigenvalue weighted by Gasteiger charge is 2.29. The summed E-state index contributed by atoms with van der Waals surface area (Å²) in [5, 5.41) is 9.61. The Kier molecular flexibility index (Phi) is 2.73. The fourth-order valence-corrected chi connectivity index (χ4v) is 1.81. The maximum absolute atomic E-state index is 11.8. The van der Waals surface area contributed by atoms with Gasteiger partial charge in [0.15, 0.2) is 5.82 Å². The van der Waals surface area contributed by atoms with Gasteiger partial charge in [0.1, 0.15) is 5.76 Å². The third-order valence-corrected chi connectivity index (χ3v) is 2.69. The Balaban J connectivity index is 1.97. The molecule has 2 unspecified atom stereocenters. The standard InChI is InChI=1S/C10H15N3O2/c1-6-3-4-11-9(6)10(14)12-8-5-7(2)15-13-8/h5-6,9,11H,3-4H2,1-2H3,(H,12,13,14). The second-order valence-corrected chi connectivity index (χ2v) is 4.01. The number of carbonyl (C=O) groups excluding carboxylic acids is 1. The normalized spacial score (nSPS) is 25.5. The lowest BCUT2D eigenvalue weighted by Crippen LogP contribution is -2.39. The van der Waals surface area contributed by atoms with Crippen LogP contribution >= 0.6 is 0 Å². The Morgan fingerprint density at radius 1 is 1.73 bits per heavy atom. The molecule has 1 saturated heterocycles. The average Bonchev–Trinajstić information content (AvgIpc) is 2.75. The van der Waals surface area contributed by atoms with Crippen LogP contribution in [0.5, 0.6) is 0 Å². The van der Waals surface area contributed by atoms with E-state index in [1.807, 2.05) is 0 Å². The molecule has 0 bridgehead atoms. The number of anilines is 1. The van der Waals surface area contributed by atoms with Gasteiger partial charge in [0.25, 0.3) is 0 Å². The van der Waals surface area contributed by atoms with Crippen molar-refractivity contribution in [3.05, 3.63) is 11.8 Å². The maximum Gasteiger partial charge on any atom is 0.243 e. The molecule has 0 saturated carbocycles. The molecular weight excluding hydrogens is 194 g/mol. The SMILES string of the molecule is Cc1cc(NC(=O)C2NCCC2C)no1. The van der Waals surface area contributed by atoms with Gasteiger partial charge in [-0.1, -0.05) is 12.1 Å². The van der Waals surface area contributed by atoms with Crippen LogP contribution in [0.3, 0.4) is 0 Å². The zero-order valence-corrected chi connectivity index (χ0v) is 8.91. The molecule has 82 valence electrons. The van der Waals surface area contributed by atoms with E-state index in [0.717, 1.165) is 13.0 Å². The lowest BCUT2D eigenvalue weighted by atomic mass is 10.0. The van der Waals surface area contributed by atoms with Crippen LogP contribution in [0.1, 0.15) is 19.1 Å². The van der Waals surface area contributed by atoms with Crippen LogP contribution in [-0.4, -0.2) is 23.7 Å². The van der Waals surface area contributed by atoms with E-state index in [2.05, 4.69) is 22.7 Å². The van der Waals surface area contributed by atoms with Gasteiger partial charge in [0.05, 0.1) is 6.04 Å². The number of hydrogen-bond acceptors (Lipinski definition) is 4. The monoisotopic (exact) mass is 209 g/mol. The van der Waals surface area contributed by atoms with E-state index in [-0.39, 0.29) is 11.9 Å². The number of aryl methyl sites for hydroxylation is 1. The van der Waals surface area contributed by atoms with Gasteiger partial charge in [-0.25, -0.2) is 0 Å². The predicted octanol–water partition coefficient (Wildman–Crippen LogP) is 0.920. The van der Waals surface area contributed by atoms with Crippen LogP contribution in [0.25, 0.3) is 0 Å². The van der Waals surface area contributed by atoms with Gasteiger partial charge in [0, 0.05) is 6.07 Å². The fraction of sp³-hybridized carbons (Fsp3) is 0.600. The van der Waals surface area contributed by atoms with Crippen LogP contribution in [-0.2, 0) is 4.79 Å². The summed E-state index contributed by atoms with van der Waals surface area (Å²) in [6.45, 7) is 4.76. The average molecular weight is 209 g/mol. The maximum atomic E-state index is 11.8. The molecule has 2 rings (SSSR count). The molecule has 1 aliphatic rings. The molecule has 1 amide bonds. The minimum Gasteiger partial charge on any atom is -0.360 e. The number of carbonyl (C=O) groups is 1. The number of aromatic nitrogens is 1. The van der Waals surface area contributed by atoms with Gasteiger partial charge >= 0.3 is 0 Å². The van der Waals surface area contributed by atoms with Crippen molar-refractivity contribution in [2.45, 2.75) is 26.3 Å². The van der Waals surface area contributed by atoms with Crippen LogP contribution < -0.4 is 10.6 Å². The number of amides is 1. The van der Waals surface area contributed by atoms with E-state index in [9.17, 15) is 4.79 Å². The highest BCUT2D eigenvalue weighted by atomic mass is 16.5. The zero-order valence-electron chi connectivity index (χ0n) is 8.91. The highest BCUT2D eigenvalue weighted by Crippen LogP contribution is 2.16. The molecule has 0 spiro atoms. The first-order valence-corrected chi connectivity index (χ1v) is 5.14. The van der Waals surface area contributed by atoms with Crippen LogP contribution in [0, 0.1) is 12.8 Å². The number of rotatable bonds is 2. The molecule has 0 radical (unpaired) electrons. The summed E-state index contributed by atoms with van der Waals surface area (Å²) in [7, 11) is 0. The van der Waals surface area contributed by atoms with Crippen molar-refractivity contribution in [1.29, 1.82) is 0 Å². The van der Waals surface area contributed by atoms with Gasteiger partial charge in [-0.15, -0.1) is 0 Å². The first kappa shape index (κ1) is 10.2. The Morgan fingerprint density at radius 2 is 2.53 bits per heavy atom. The first-order valence-electron chi connectivity index (χ1n) is 5.14. The van der Waals surface area contributed by atoms with Crippen molar-refractivity contribution in [3.8, 4) is 0 Å². The fourth-order valence-electron chi connectivity index (χ4n) is 1.81. The second kappa shape index (κ2) is 4.02. The third kappa shape index (κ3) is 2.18. The molecule has 15 heavy (non-hydrogen) atoms. The smallest absolute Gasteiger partial charge is 0.243 e. The molecule has 2 N–H and O–H groups in total. The minimum absolute atomic E-state index is 0.0340. The zero-order chi connectivity index (χ0) is 10.8. The minimum atomic E-state index is -0.109. The molecule has 1 fully saturated rings. The van der Waals surface area contributed by atoms with E-state index in [1.165, 1.54) is 0 Å². The Bertz CT molecular complexity index is 361. The van der Waals surface area contributed by atoms with E-state index >= 15 is 0 Å². The second-order valence-electron chi connectivity index (χ2n) is 4.01.